The fourth-order valence-electron chi connectivity index (χ4n) is 3.41. The highest BCUT2D eigenvalue weighted by molar-refractivity contribution is 7.16. The Morgan fingerprint density at radius 2 is 2.25 bits per heavy atom. The number of thiophene rings is 1. The first-order valence-electron chi connectivity index (χ1n) is 6.23. The number of hydrogen-bond donors (Lipinski definition) is 1. The number of fused-ring (bicyclic) bond motifs is 2. The summed E-state index contributed by atoms with van der Waals surface area (Å²) in [4.78, 5) is 1.37. The zero-order valence-corrected chi connectivity index (χ0v) is 11.2. The largest absolute Gasteiger partial charge is 0.306 e. The lowest BCUT2D eigenvalue weighted by Crippen LogP contribution is -2.35. The van der Waals surface area contributed by atoms with Crippen molar-refractivity contribution in [2.24, 2.45) is 11.8 Å². The van der Waals surface area contributed by atoms with Crippen LogP contribution in [-0.4, -0.2) is 6.04 Å². The molecule has 2 aliphatic carbocycles. The van der Waals surface area contributed by atoms with Crippen LogP contribution >= 0.6 is 22.9 Å². The van der Waals surface area contributed by atoms with Crippen molar-refractivity contribution in [2.45, 2.75) is 44.7 Å². The molecule has 4 unspecified atom stereocenters. The van der Waals surface area contributed by atoms with Gasteiger partial charge in [0.1, 0.15) is 0 Å². The van der Waals surface area contributed by atoms with Crippen molar-refractivity contribution in [3.63, 3.8) is 0 Å². The normalized spacial score (nSPS) is 34.5. The quantitative estimate of drug-likeness (QED) is 0.852. The molecule has 4 atom stereocenters. The van der Waals surface area contributed by atoms with Crippen LogP contribution in [0.4, 0.5) is 0 Å². The van der Waals surface area contributed by atoms with Crippen LogP contribution in [0, 0.1) is 11.8 Å². The monoisotopic (exact) mass is 255 g/mol. The van der Waals surface area contributed by atoms with E-state index in [9.17, 15) is 0 Å². The van der Waals surface area contributed by atoms with Gasteiger partial charge >= 0.3 is 0 Å². The molecule has 16 heavy (non-hydrogen) atoms. The van der Waals surface area contributed by atoms with Gasteiger partial charge in [0, 0.05) is 17.0 Å². The maximum atomic E-state index is 5.97. The minimum Gasteiger partial charge on any atom is -0.306 e. The third-order valence-corrected chi connectivity index (χ3v) is 5.64. The van der Waals surface area contributed by atoms with E-state index in [1.54, 1.807) is 11.3 Å². The Hall–Kier alpha value is -0.0500. The van der Waals surface area contributed by atoms with E-state index in [2.05, 4.69) is 18.3 Å². The second-order valence-electron chi connectivity index (χ2n) is 5.31. The summed E-state index contributed by atoms with van der Waals surface area (Å²) in [6, 6.07) is 5.37. The SMILES string of the molecule is CC(NC1CC2CCC1C2)c1ccc(Cl)s1. The molecule has 88 valence electrons. The smallest absolute Gasteiger partial charge is 0.0931 e. The van der Waals surface area contributed by atoms with E-state index in [0.717, 1.165) is 22.2 Å². The highest BCUT2D eigenvalue weighted by Gasteiger charge is 2.39. The molecule has 3 heteroatoms. The first kappa shape index (κ1) is 11.1. The summed E-state index contributed by atoms with van der Waals surface area (Å²) in [6.45, 7) is 2.26. The average Bonchev–Trinajstić information content (AvgIpc) is 2.92. The van der Waals surface area contributed by atoms with E-state index in [-0.39, 0.29) is 0 Å². The second kappa shape index (κ2) is 4.32. The lowest BCUT2D eigenvalue weighted by atomic mass is 9.95. The fourth-order valence-corrected chi connectivity index (χ4v) is 4.49. The van der Waals surface area contributed by atoms with E-state index in [4.69, 9.17) is 11.6 Å². The zero-order valence-electron chi connectivity index (χ0n) is 9.58. The highest BCUT2D eigenvalue weighted by Crippen LogP contribution is 2.45. The molecule has 0 spiro atoms. The van der Waals surface area contributed by atoms with Crippen molar-refractivity contribution in [3.05, 3.63) is 21.3 Å². The minimum atomic E-state index is 0.460. The summed E-state index contributed by atoms with van der Waals surface area (Å²) >= 11 is 7.68. The van der Waals surface area contributed by atoms with Gasteiger partial charge in [0.15, 0.2) is 0 Å². The van der Waals surface area contributed by atoms with E-state index >= 15 is 0 Å². The molecule has 0 saturated heterocycles. The molecule has 0 aromatic carbocycles. The number of rotatable bonds is 3. The molecule has 1 aromatic heterocycles. The summed E-state index contributed by atoms with van der Waals surface area (Å²) in [5.74, 6) is 1.96. The standard InChI is InChI=1S/C13H18ClNS/c1-8(12-4-5-13(14)16-12)15-11-7-9-2-3-10(11)6-9/h4-5,8-11,15H,2-3,6-7H2,1H3. The maximum absolute atomic E-state index is 5.97. The van der Waals surface area contributed by atoms with Crippen LogP contribution in [0.15, 0.2) is 12.1 Å². The molecule has 2 saturated carbocycles. The summed E-state index contributed by atoms with van der Waals surface area (Å²) in [5.41, 5.74) is 0. The molecule has 0 aliphatic heterocycles. The van der Waals surface area contributed by atoms with Crippen LogP contribution in [0.2, 0.25) is 4.34 Å². The molecule has 0 amide bonds. The van der Waals surface area contributed by atoms with Crippen molar-refractivity contribution in [2.75, 3.05) is 0 Å². The number of nitrogens with one attached hydrogen (secondary N) is 1. The predicted octanol–water partition coefficient (Wildman–Crippen LogP) is 4.24. The molecule has 1 aromatic rings. The van der Waals surface area contributed by atoms with Gasteiger partial charge in [0.05, 0.1) is 4.34 Å². The van der Waals surface area contributed by atoms with Crippen LogP contribution in [-0.2, 0) is 0 Å². The van der Waals surface area contributed by atoms with Crippen LogP contribution in [0.1, 0.15) is 43.5 Å². The van der Waals surface area contributed by atoms with E-state index in [1.165, 1.54) is 30.6 Å². The van der Waals surface area contributed by atoms with Crippen molar-refractivity contribution in [1.29, 1.82) is 0 Å². The van der Waals surface area contributed by atoms with Crippen molar-refractivity contribution in [3.8, 4) is 0 Å². The van der Waals surface area contributed by atoms with Gasteiger partial charge in [-0.25, -0.2) is 0 Å². The van der Waals surface area contributed by atoms with Crippen molar-refractivity contribution in [1.82, 2.24) is 5.32 Å². The summed E-state index contributed by atoms with van der Waals surface area (Å²) in [6.07, 6.45) is 5.78. The van der Waals surface area contributed by atoms with Crippen molar-refractivity contribution >= 4 is 22.9 Å². The Kier molecular flexibility index (Phi) is 2.99. The molecule has 1 heterocycles. The van der Waals surface area contributed by atoms with Gasteiger partial charge in [0.25, 0.3) is 0 Å². The molecule has 2 fully saturated rings. The topological polar surface area (TPSA) is 12.0 Å². The first-order valence-corrected chi connectivity index (χ1v) is 7.43. The van der Waals surface area contributed by atoms with Gasteiger partial charge in [-0.3, -0.25) is 0 Å². The van der Waals surface area contributed by atoms with Crippen molar-refractivity contribution < 1.29 is 0 Å². The van der Waals surface area contributed by atoms with Crippen LogP contribution in [0.5, 0.6) is 0 Å². The zero-order chi connectivity index (χ0) is 11.1. The Labute approximate surface area is 106 Å². The molecule has 2 bridgehead atoms. The second-order valence-corrected chi connectivity index (χ2v) is 7.06. The summed E-state index contributed by atoms with van der Waals surface area (Å²) < 4.78 is 0.900. The first-order chi connectivity index (χ1) is 7.72. The van der Waals surface area contributed by atoms with Gasteiger partial charge < -0.3 is 5.32 Å². The van der Waals surface area contributed by atoms with Gasteiger partial charge in [-0.05, 0) is 50.2 Å². The molecule has 0 radical (unpaired) electrons. The Morgan fingerprint density at radius 1 is 1.38 bits per heavy atom. The van der Waals surface area contributed by atoms with Gasteiger partial charge in [-0.15, -0.1) is 11.3 Å². The molecule has 1 nitrogen and oxygen atoms in total. The van der Waals surface area contributed by atoms with E-state index in [0.29, 0.717) is 6.04 Å². The highest BCUT2D eigenvalue weighted by atomic mass is 35.5. The minimum absolute atomic E-state index is 0.460. The maximum Gasteiger partial charge on any atom is 0.0931 e. The van der Waals surface area contributed by atoms with E-state index in [1.807, 2.05) is 6.07 Å². The predicted molar refractivity (Wildman–Crippen MR) is 70.1 cm³/mol. The summed E-state index contributed by atoms with van der Waals surface area (Å²) in [5, 5.41) is 3.79. The van der Waals surface area contributed by atoms with Gasteiger partial charge in [-0.2, -0.15) is 0 Å². The lowest BCUT2D eigenvalue weighted by molar-refractivity contribution is 0.328. The number of halogens is 1. The third-order valence-electron chi connectivity index (χ3n) is 4.22. The molecular weight excluding hydrogens is 238 g/mol. The third kappa shape index (κ3) is 2.03. The van der Waals surface area contributed by atoms with Gasteiger partial charge in [0.2, 0.25) is 0 Å². The summed E-state index contributed by atoms with van der Waals surface area (Å²) in [7, 11) is 0. The fraction of sp³-hybridized carbons (Fsp3) is 0.692. The Bertz CT molecular complexity index is 376. The lowest BCUT2D eigenvalue weighted by Gasteiger charge is -2.26. The molecule has 3 rings (SSSR count). The van der Waals surface area contributed by atoms with Gasteiger partial charge in [-0.1, -0.05) is 18.0 Å². The van der Waals surface area contributed by atoms with Crippen LogP contribution < -0.4 is 5.32 Å². The van der Waals surface area contributed by atoms with Crippen LogP contribution in [0.3, 0.4) is 0 Å². The Morgan fingerprint density at radius 3 is 2.81 bits per heavy atom. The number of hydrogen-bond acceptors (Lipinski definition) is 2. The molecule has 2 aliphatic rings. The average molecular weight is 256 g/mol. The molecule has 1 N–H and O–H groups in total. The molecular formula is C13H18ClNS. The van der Waals surface area contributed by atoms with Crippen LogP contribution in [0.25, 0.3) is 0 Å². The Balaban J connectivity index is 1.62. The van der Waals surface area contributed by atoms with E-state index < -0.39 is 0 Å².